The fraction of sp³-hybridized carbons (Fsp3) is 0.552. The Hall–Kier alpha value is -3.58. The first-order valence-electron chi connectivity index (χ1n) is 15.0. The number of amides is 3. The number of nitrogens with zero attached hydrogens (tertiary/aromatic N) is 6. The summed E-state index contributed by atoms with van der Waals surface area (Å²) < 4.78 is 17.0. The molecule has 0 unspecified atom stereocenters. The second kappa shape index (κ2) is 15.4. The van der Waals surface area contributed by atoms with E-state index in [4.69, 9.17) is 9.72 Å². The highest BCUT2D eigenvalue weighted by atomic mass is 31.2. The van der Waals surface area contributed by atoms with Crippen LogP contribution in [0.25, 0.3) is 11.4 Å². The van der Waals surface area contributed by atoms with E-state index in [0.29, 0.717) is 31.3 Å². The summed E-state index contributed by atoms with van der Waals surface area (Å²) in [6.07, 6.45) is 0.374. The molecular formula is C29H42N7O7P. The largest absolute Gasteiger partial charge is 0.449 e. The number of nitrogens with one attached hydrogen (secondary N) is 1. The predicted octanol–water partition coefficient (Wildman–Crippen LogP) is 1.64. The van der Waals surface area contributed by atoms with Crippen LogP contribution >= 0.6 is 7.60 Å². The van der Waals surface area contributed by atoms with Gasteiger partial charge in [-0.3, -0.25) is 14.2 Å². The van der Waals surface area contributed by atoms with Crippen LogP contribution in [0.5, 0.6) is 0 Å². The molecule has 1 aromatic carbocycles. The lowest BCUT2D eigenvalue weighted by Gasteiger charge is -2.36. The summed E-state index contributed by atoms with van der Waals surface area (Å²) in [5.41, 5.74) is 0.763. The summed E-state index contributed by atoms with van der Waals surface area (Å²) in [5, 5.41) is 2.69. The van der Waals surface area contributed by atoms with E-state index in [0.717, 1.165) is 31.5 Å². The smallest absolute Gasteiger partial charge is 0.409 e. The van der Waals surface area contributed by atoms with Crippen molar-refractivity contribution in [1.82, 2.24) is 30.0 Å². The first-order valence-corrected chi connectivity index (χ1v) is 16.8. The zero-order valence-corrected chi connectivity index (χ0v) is 26.2. The molecule has 3 heterocycles. The van der Waals surface area contributed by atoms with Gasteiger partial charge in [-0.2, -0.15) is 0 Å². The summed E-state index contributed by atoms with van der Waals surface area (Å²) in [4.78, 5) is 75.2. The third-order valence-corrected chi connectivity index (χ3v) is 8.53. The molecule has 44 heavy (non-hydrogen) atoms. The minimum absolute atomic E-state index is 0.0430. The molecule has 2 aliphatic heterocycles. The number of carbonyl (C=O) groups excluding carboxylic acids is 3. The third-order valence-electron chi connectivity index (χ3n) is 7.69. The van der Waals surface area contributed by atoms with E-state index in [2.05, 4.69) is 20.1 Å². The molecular weight excluding hydrogens is 589 g/mol. The fourth-order valence-corrected chi connectivity index (χ4v) is 5.57. The molecule has 4 rings (SSSR count). The zero-order valence-electron chi connectivity index (χ0n) is 25.3. The first kappa shape index (κ1) is 33.3. The van der Waals surface area contributed by atoms with Gasteiger partial charge in [-0.05, 0) is 19.9 Å². The summed E-state index contributed by atoms with van der Waals surface area (Å²) >= 11 is 0. The number of rotatable bonds is 11. The van der Waals surface area contributed by atoms with Crippen molar-refractivity contribution in [1.29, 1.82) is 0 Å². The quantitative estimate of drug-likeness (QED) is 0.244. The Bertz CT molecular complexity index is 1330. The molecule has 1 aromatic heterocycles. The number of piperazine rings is 2. The molecule has 0 saturated carbocycles. The van der Waals surface area contributed by atoms with Gasteiger partial charge in [0.05, 0.1) is 12.8 Å². The molecule has 0 spiro atoms. The van der Waals surface area contributed by atoms with Gasteiger partial charge >= 0.3 is 13.7 Å². The highest BCUT2D eigenvalue weighted by Gasteiger charge is 2.32. The third kappa shape index (κ3) is 9.46. The van der Waals surface area contributed by atoms with E-state index in [1.54, 1.807) is 6.07 Å². The topological polar surface area (TPSA) is 169 Å². The van der Waals surface area contributed by atoms with Crippen molar-refractivity contribution in [2.75, 3.05) is 77.1 Å². The van der Waals surface area contributed by atoms with Gasteiger partial charge in [0.25, 0.3) is 5.91 Å². The minimum atomic E-state index is -4.46. The maximum absolute atomic E-state index is 13.6. The van der Waals surface area contributed by atoms with Gasteiger partial charge in [0.2, 0.25) is 5.91 Å². The zero-order chi connectivity index (χ0) is 31.7. The van der Waals surface area contributed by atoms with Crippen LogP contribution in [0.1, 0.15) is 36.7 Å². The van der Waals surface area contributed by atoms with Crippen LogP contribution in [-0.2, 0) is 14.1 Å². The Morgan fingerprint density at radius 3 is 2.27 bits per heavy atom. The van der Waals surface area contributed by atoms with Crippen molar-refractivity contribution in [3.05, 3.63) is 42.1 Å². The predicted molar refractivity (Wildman–Crippen MR) is 164 cm³/mol. The maximum atomic E-state index is 13.6. The summed E-state index contributed by atoms with van der Waals surface area (Å²) in [6.45, 7) is 6.30. The molecule has 0 aliphatic carbocycles. The van der Waals surface area contributed by atoms with Gasteiger partial charge in [-0.25, -0.2) is 14.8 Å². The van der Waals surface area contributed by atoms with Gasteiger partial charge in [0.1, 0.15) is 17.6 Å². The number of carbonyl (C=O) groups is 3. The summed E-state index contributed by atoms with van der Waals surface area (Å²) in [7, 11) is -2.42. The van der Waals surface area contributed by atoms with Crippen molar-refractivity contribution in [3.8, 4) is 11.4 Å². The number of anilines is 1. The normalized spacial score (nSPS) is 16.9. The second-order valence-electron chi connectivity index (χ2n) is 11.1. The van der Waals surface area contributed by atoms with Gasteiger partial charge in [-0.1, -0.05) is 43.7 Å². The van der Waals surface area contributed by atoms with E-state index in [-0.39, 0.29) is 38.3 Å². The lowest BCUT2D eigenvalue weighted by molar-refractivity contribution is -0.134. The van der Waals surface area contributed by atoms with Crippen LogP contribution < -0.4 is 10.2 Å². The lowest BCUT2D eigenvalue weighted by atomic mass is 10.1. The Labute approximate surface area is 257 Å². The average Bonchev–Trinajstić information content (AvgIpc) is 3.03. The molecule has 2 aromatic rings. The highest BCUT2D eigenvalue weighted by molar-refractivity contribution is 7.51. The molecule has 2 aliphatic rings. The van der Waals surface area contributed by atoms with Crippen LogP contribution in [0.3, 0.4) is 0 Å². The van der Waals surface area contributed by atoms with E-state index in [9.17, 15) is 28.7 Å². The monoisotopic (exact) mass is 631 g/mol. The van der Waals surface area contributed by atoms with E-state index in [1.165, 1.54) is 9.80 Å². The van der Waals surface area contributed by atoms with Crippen LogP contribution in [0.15, 0.2) is 36.4 Å². The molecule has 3 amide bonds. The number of hydrogen-bond acceptors (Lipinski definition) is 9. The standard InChI is InChI=1S/C29H42N7O7P/c1-3-4-19-43-29(39)36-17-15-35(16-18-36)28(38)23(10-20-44(40,41)42)31-27(37)24-21-25(34-13-11-33(2)12-14-34)32-26(30-24)22-8-6-5-7-9-22/h5-9,21,23H,3-4,10-20H2,1-2H3,(H,31,37)(H2,40,41,42)/t23-/m0/s1. The van der Waals surface area contributed by atoms with E-state index in [1.807, 2.05) is 44.3 Å². The van der Waals surface area contributed by atoms with Crippen molar-refractivity contribution in [3.63, 3.8) is 0 Å². The first-order chi connectivity index (χ1) is 21.0. The molecule has 2 saturated heterocycles. The molecule has 0 bridgehead atoms. The summed E-state index contributed by atoms with van der Waals surface area (Å²) in [6, 6.07) is 9.63. The van der Waals surface area contributed by atoms with Crippen molar-refractivity contribution in [2.24, 2.45) is 0 Å². The SMILES string of the molecule is CCCCOC(=O)N1CCN(C(=O)[C@H](CCP(=O)(O)O)NC(=O)c2cc(N3CCN(C)CC3)nc(-c3ccccc3)n2)CC1. The van der Waals surface area contributed by atoms with E-state index < -0.39 is 37.7 Å². The summed E-state index contributed by atoms with van der Waals surface area (Å²) in [5.74, 6) is -0.200. The van der Waals surface area contributed by atoms with Crippen LogP contribution in [0.2, 0.25) is 0 Å². The van der Waals surface area contributed by atoms with Crippen LogP contribution in [0, 0.1) is 0 Å². The molecule has 15 heteroatoms. The maximum Gasteiger partial charge on any atom is 0.409 e. The number of likely N-dealkylation sites (N-methyl/N-ethyl adjacent to an activating group) is 1. The minimum Gasteiger partial charge on any atom is -0.449 e. The van der Waals surface area contributed by atoms with Gasteiger partial charge in [-0.15, -0.1) is 0 Å². The number of ether oxygens (including phenoxy) is 1. The molecule has 0 radical (unpaired) electrons. The molecule has 14 nitrogen and oxygen atoms in total. The molecule has 2 fully saturated rings. The van der Waals surface area contributed by atoms with Crippen molar-refractivity contribution < 1.29 is 33.5 Å². The highest BCUT2D eigenvalue weighted by Crippen LogP contribution is 2.35. The number of hydrogen-bond donors (Lipinski definition) is 3. The van der Waals surface area contributed by atoms with Crippen molar-refractivity contribution in [2.45, 2.75) is 32.2 Å². The lowest BCUT2D eigenvalue weighted by Crippen LogP contribution is -2.56. The molecule has 1 atom stereocenters. The Morgan fingerprint density at radius 1 is 0.977 bits per heavy atom. The van der Waals surface area contributed by atoms with Crippen molar-refractivity contribution >= 4 is 31.3 Å². The van der Waals surface area contributed by atoms with Crippen LogP contribution in [-0.4, -0.2) is 131 Å². The molecule has 240 valence electrons. The van der Waals surface area contributed by atoms with Gasteiger partial charge < -0.3 is 39.4 Å². The van der Waals surface area contributed by atoms with Gasteiger partial charge in [0.15, 0.2) is 5.82 Å². The Morgan fingerprint density at radius 2 is 1.64 bits per heavy atom. The number of benzene rings is 1. The average molecular weight is 632 g/mol. The fourth-order valence-electron chi connectivity index (χ4n) is 4.98. The number of aromatic nitrogens is 2. The Kier molecular flexibility index (Phi) is 11.7. The molecule has 3 N–H and O–H groups in total. The van der Waals surface area contributed by atoms with Crippen LogP contribution in [0.4, 0.5) is 10.6 Å². The van der Waals surface area contributed by atoms with Gasteiger partial charge in [0, 0.05) is 64.0 Å². The number of unbranched alkanes of at least 4 members (excludes halogenated alkanes) is 1. The second-order valence-corrected chi connectivity index (χ2v) is 12.9. The van der Waals surface area contributed by atoms with E-state index >= 15 is 0 Å². The Balaban J connectivity index is 1.52.